The molecule has 0 unspecified atom stereocenters. The molecule has 0 aromatic heterocycles. The van der Waals surface area contributed by atoms with Crippen LogP contribution in [0.4, 0.5) is 0 Å². The highest BCUT2D eigenvalue weighted by atomic mass is 35.5. The van der Waals surface area contributed by atoms with Crippen LogP contribution in [-0.4, -0.2) is 37.0 Å². The van der Waals surface area contributed by atoms with Gasteiger partial charge in [0.25, 0.3) is 0 Å². The van der Waals surface area contributed by atoms with Gasteiger partial charge in [0.1, 0.15) is 7.85 Å². The summed E-state index contributed by atoms with van der Waals surface area (Å²) < 4.78 is 5.24. The van der Waals surface area contributed by atoms with E-state index < -0.39 is 0 Å². The molecule has 0 bridgehead atoms. The van der Waals surface area contributed by atoms with Gasteiger partial charge >= 0.3 is 0 Å². The molecule has 9 heavy (non-hydrogen) atoms. The minimum atomic E-state index is -0.0255. The van der Waals surface area contributed by atoms with Crippen LogP contribution in [0.2, 0.25) is 0 Å². The quantitative estimate of drug-likeness (QED) is 0.395. The van der Waals surface area contributed by atoms with Crippen LogP contribution < -0.4 is 0 Å². The standard InChI is InChI=1S/C5H10BClO2/c6-5-4(7)1-3(2-8)9-5/h3-5,8H,1-2,6H2/t3-,4-,5+/m0/s1. The second-order valence-electron chi connectivity index (χ2n) is 2.40. The first kappa shape index (κ1) is 7.38. The van der Waals surface area contributed by atoms with Gasteiger partial charge in [-0.1, -0.05) is 0 Å². The highest BCUT2D eigenvalue weighted by Crippen LogP contribution is 2.22. The van der Waals surface area contributed by atoms with E-state index in [1.807, 2.05) is 7.85 Å². The molecule has 0 aliphatic carbocycles. The zero-order chi connectivity index (χ0) is 6.85. The van der Waals surface area contributed by atoms with Gasteiger partial charge in [-0.05, 0) is 6.42 Å². The Morgan fingerprint density at radius 3 is 2.67 bits per heavy atom. The van der Waals surface area contributed by atoms with E-state index in [1.165, 1.54) is 0 Å². The highest BCUT2D eigenvalue weighted by molar-refractivity contribution is 6.26. The lowest BCUT2D eigenvalue weighted by Gasteiger charge is -2.05. The molecule has 2 nitrogen and oxygen atoms in total. The Labute approximate surface area is 60.6 Å². The number of aliphatic hydroxyl groups is 1. The van der Waals surface area contributed by atoms with E-state index in [0.29, 0.717) is 0 Å². The Balaban J connectivity index is 2.35. The van der Waals surface area contributed by atoms with Gasteiger partial charge < -0.3 is 9.84 Å². The number of ether oxygens (including phenoxy) is 1. The SMILES string of the molecule is B[C@@H]1O[C@H](CO)C[C@@H]1Cl. The number of rotatable bonds is 1. The molecule has 1 heterocycles. The molecule has 3 atom stereocenters. The molecule has 0 radical (unpaired) electrons. The highest BCUT2D eigenvalue weighted by Gasteiger charge is 2.29. The lowest BCUT2D eigenvalue weighted by Crippen LogP contribution is -2.16. The van der Waals surface area contributed by atoms with Crippen LogP contribution in [-0.2, 0) is 4.74 Å². The molecule has 4 heteroatoms. The van der Waals surface area contributed by atoms with Crippen molar-refractivity contribution in [3.63, 3.8) is 0 Å². The maximum absolute atomic E-state index is 8.62. The van der Waals surface area contributed by atoms with Crippen molar-refractivity contribution in [3.05, 3.63) is 0 Å². The Hall–Kier alpha value is 0.275. The predicted octanol–water partition coefficient (Wildman–Crippen LogP) is -0.666. The Morgan fingerprint density at radius 1 is 1.78 bits per heavy atom. The average molecular weight is 148 g/mol. The van der Waals surface area contributed by atoms with E-state index in [-0.39, 0.29) is 24.1 Å². The van der Waals surface area contributed by atoms with Gasteiger partial charge in [0.2, 0.25) is 0 Å². The number of halogens is 1. The normalized spacial score (nSPS) is 43.6. The second-order valence-corrected chi connectivity index (χ2v) is 2.96. The molecule has 0 aromatic rings. The third kappa shape index (κ3) is 1.60. The van der Waals surface area contributed by atoms with Gasteiger partial charge in [0.05, 0.1) is 18.1 Å². The van der Waals surface area contributed by atoms with Crippen molar-refractivity contribution in [3.8, 4) is 0 Å². The fourth-order valence-electron chi connectivity index (χ4n) is 1.00. The van der Waals surface area contributed by atoms with Crippen molar-refractivity contribution in [2.45, 2.75) is 23.9 Å². The fraction of sp³-hybridized carbons (Fsp3) is 1.00. The lowest BCUT2D eigenvalue weighted by molar-refractivity contribution is 0.0434. The first-order valence-corrected chi connectivity index (χ1v) is 3.58. The average Bonchev–Trinajstić information content (AvgIpc) is 2.13. The van der Waals surface area contributed by atoms with Crippen LogP contribution in [0.1, 0.15) is 6.42 Å². The van der Waals surface area contributed by atoms with Gasteiger partial charge in [-0.3, -0.25) is 0 Å². The largest absolute Gasteiger partial charge is 0.394 e. The summed E-state index contributed by atoms with van der Waals surface area (Å²) in [5.41, 5.74) is 0. The molecule has 0 spiro atoms. The summed E-state index contributed by atoms with van der Waals surface area (Å²) in [6.45, 7) is 0.0908. The van der Waals surface area contributed by atoms with Crippen LogP contribution >= 0.6 is 11.6 Å². The van der Waals surface area contributed by atoms with Gasteiger partial charge in [-0.2, -0.15) is 0 Å². The zero-order valence-electron chi connectivity index (χ0n) is 5.38. The first-order valence-electron chi connectivity index (χ1n) is 3.14. The van der Waals surface area contributed by atoms with Crippen molar-refractivity contribution in [2.75, 3.05) is 6.61 Å². The summed E-state index contributed by atoms with van der Waals surface area (Å²) in [5.74, 6) is 0. The number of hydrogen-bond donors (Lipinski definition) is 1. The molecule has 0 saturated carbocycles. The van der Waals surface area contributed by atoms with Crippen molar-refractivity contribution in [1.82, 2.24) is 0 Å². The predicted molar refractivity (Wildman–Crippen MR) is 38.5 cm³/mol. The monoisotopic (exact) mass is 148 g/mol. The number of hydrogen-bond acceptors (Lipinski definition) is 2. The van der Waals surface area contributed by atoms with Crippen LogP contribution in [0, 0.1) is 0 Å². The smallest absolute Gasteiger partial charge is 0.141 e. The Bertz CT molecular complexity index is 91.0. The minimum absolute atomic E-state index is 0.0255. The molecule has 52 valence electrons. The van der Waals surface area contributed by atoms with Crippen molar-refractivity contribution in [1.29, 1.82) is 0 Å². The Kier molecular flexibility index (Phi) is 2.38. The maximum Gasteiger partial charge on any atom is 0.141 e. The molecular formula is C5H10BClO2. The summed E-state index contributed by atoms with van der Waals surface area (Å²) in [7, 11) is 1.92. The number of aliphatic hydroxyl groups excluding tert-OH is 1. The topological polar surface area (TPSA) is 29.5 Å². The van der Waals surface area contributed by atoms with Crippen LogP contribution in [0.3, 0.4) is 0 Å². The van der Waals surface area contributed by atoms with E-state index in [9.17, 15) is 0 Å². The molecular weight excluding hydrogens is 138 g/mol. The van der Waals surface area contributed by atoms with Gasteiger partial charge in [0.15, 0.2) is 0 Å². The van der Waals surface area contributed by atoms with Crippen LogP contribution in [0.5, 0.6) is 0 Å². The van der Waals surface area contributed by atoms with Crippen LogP contribution in [0.15, 0.2) is 0 Å². The zero-order valence-corrected chi connectivity index (χ0v) is 6.14. The van der Waals surface area contributed by atoms with Crippen LogP contribution in [0.25, 0.3) is 0 Å². The molecule has 1 saturated heterocycles. The molecule has 0 amide bonds. The molecule has 1 rings (SSSR count). The minimum Gasteiger partial charge on any atom is -0.394 e. The van der Waals surface area contributed by atoms with Gasteiger partial charge in [-0.25, -0.2) is 0 Å². The summed E-state index contributed by atoms with van der Waals surface area (Å²) in [4.78, 5) is 0. The van der Waals surface area contributed by atoms with Crippen molar-refractivity contribution < 1.29 is 9.84 Å². The maximum atomic E-state index is 8.62. The third-order valence-corrected chi connectivity index (χ3v) is 2.14. The first-order chi connectivity index (χ1) is 4.24. The molecule has 1 N–H and O–H groups in total. The molecule has 1 aliphatic heterocycles. The summed E-state index contributed by atoms with van der Waals surface area (Å²) in [6.07, 6.45) is 0.752. The van der Waals surface area contributed by atoms with E-state index in [1.54, 1.807) is 0 Å². The molecule has 0 aromatic carbocycles. The van der Waals surface area contributed by atoms with E-state index in [0.717, 1.165) is 6.42 Å². The van der Waals surface area contributed by atoms with Gasteiger partial charge in [0, 0.05) is 6.00 Å². The molecule has 1 fully saturated rings. The number of alkyl halides is 1. The van der Waals surface area contributed by atoms with Crippen molar-refractivity contribution in [2.24, 2.45) is 0 Å². The summed E-state index contributed by atoms with van der Waals surface area (Å²) in [6, 6.07) is 0.101. The fourth-order valence-corrected chi connectivity index (χ4v) is 1.26. The second kappa shape index (κ2) is 2.91. The lowest BCUT2D eigenvalue weighted by atomic mass is 9.97. The van der Waals surface area contributed by atoms with Crippen molar-refractivity contribution >= 4 is 19.4 Å². The molecule has 1 aliphatic rings. The van der Waals surface area contributed by atoms with E-state index in [2.05, 4.69) is 0 Å². The summed E-state index contributed by atoms with van der Waals surface area (Å²) >= 11 is 5.80. The third-order valence-electron chi connectivity index (χ3n) is 1.61. The van der Waals surface area contributed by atoms with E-state index in [4.69, 9.17) is 21.4 Å². The Morgan fingerprint density at radius 2 is 2.44 bits per heavy atom. The van der Waals surface area contributed by atoms with Gasteiger partial charge in [-0.15, -0.1) is 11.6 Å². The van der Waals surface area contributed by atoms with E-state index >= 15 is 0 Å². The summed E-state index contributed by atoms with van der Waals surface area (Å²) in [5, 5.41) is 8.70.